The lowest BCUT2D eigenvalue weighted by Gasteiger charge is -2.27. The number of hydrogen-bond acceptors (Lipinski definition) is 2. The van der Waals surface area contributed by atoms with E-state index in [1.54, 1.807) is 0 Å². The normalized spacial score (nSPS) is 39.2. The largest absolute Gasteiger partial charge is 0.392 e. The minimum Gasteiger partial charge on any atom is -0.392 e. The van der Waals surface area contributed by atoms with Gasteiger partial charge in [0.25, 0.3) is 0 Å². The zero-order valence-electron chi connectivity index (χ0n) is 7.73. The molecule has 0 aromatic heterocycles. The van der Waals surface area contributed by atoms with Crippen molar-refractivity contribution in [2.45, 2.75) is 39.3 Å². The van der Waals surface area contributed by atoms with Crippen LogP contribution < -0.4 is 0 Å². The molecule has 2 unspecified atom stereocenters. The minimum absolute atomic E-state index is 0.126. The maximum absolute atomic E-state index is 9.75. The summed E-state index contributed by atoms with van der Waals surface area (Å²) in [7, 11) is 0. The topological polar surface area (TPSA) is 69.0 Å². The maximum atomic E-state index is 9.75. The van der Waals surface area contributed by atoms with Gasteiger partial charge < -0.3 is 5.11 Å². The second-order valence-corrected chi connectivity index (χ2v) is 4.18. The first-order valence-corrected chi connectivity index (χ1v) is 4.22. The summed E-state index contributed by atoms with van der Waals surface area (Å²) in [6.45, 7) is 6.10. The first kappa shape index (κ1) is 9.36. The standard InChI is InChI=1S/C8H15N3O/c1-5-4-6(10-11-9)7(12)8(5,2)3/h5-7,12H,4H2,1-3H3/t5?,6?,7-/m1/s1. The van der Waals surface area contributed by atoms with Crippen LogP contribution in [0.3, 0.4) is 0 Å². The van der Waals surface area contributed by atoms with Gasteiger partial charge in [0.1, 0.15) is 0 Å². The van der Waals surface area contributed by atoms with Crippen molar-refractivity contribution in [3.05, 3.63) is 10.4 Å². The van der Waals surface area contributed by atoms with Crippen LogP contribution in [0.5, 0.6) is 0 Å². The molecule has 0 heterocycles. The Labute approximate surface area is 72.2 Å². The van der Waals surface area contributed by atoms with Crippen LogP contribution in [0.2, 0.25) is 0 Å². The minimum atomic E-state index is -0.497. The van der Waals surface area contributed by atoms with Gasteiger partial charge in [-0.1, -0.05) is 25.9 Å². The van der Waals surface area contributed by atoms with Crippen LogP contribution in [0, 0.1) is 11.3 Å². The number of rotatable bonds is 1. The summed E-state index contributed by atoms with van der Waals surface area (Å²) < 4.78 is 0. The first-order valence-electron chi connectivity index (χ1n) is 4.22. The van der Waals surface area contributed by atoms with E-state index in [2.05, 4.69) is 16.9 Å². The average Bonchev–Trinajstić information content (AvgIpc) is 2.17. The molecule has 4 nitrogen and oxygen atoms in total. The van der Waals surface area contributed by atoms with Crippen molar-refractivity contribution >= 4 is 0 Å². The molecule has 12 heavy (non-hydrogen) atoms. The Hall–Kier alpha value is -0.730. The van der Waals surface area contributed by atoms with E-state index in [1.165, 1.54) is 0 Å². The number of nitrogens with zero attached hydrogens (tertiary/aromatic N) is 3. The van der Waals surface area contributed by atoms with Gasteiger partial charge in [-0.3, -0.25) is 0 Å². The lowest BCUT2D eigenvalue weighted by Crippen LogP contribution is -2.32. The van der Waals surface area contributed by atoms with E-state index in [1.807, 2.05) is 13.8 Å². The molecular weight excluding hydrogens is 154 g/mol. The van der Waals surface area contributed by atoms with E-state index in [-0.39, 0.29) is 11.5 Å². The van der Waals surface area contributed by atoms with Crippen LogP contribution in [0.15, 0.2) is 5.11 Å². The van der Waals surface area contributed by atoms with Gasteiger partial charge in [-0.05, 0) is 23.3 Å². The van der Waals surface area contributed by atoms with E-state index >= 15 is 0 Å². The number of aliphatic hydroxyl groups is 1. The fraction of sp³-hybridized carbons (Fsp3) is 1.00. The SMILES string of the molecule is CC1CC(N=[N+]=[N-])[C@@H](O)C1(C)C. The zero-order valence-corrected chi connectivity index (χ0v) is 7.73. The van der Waals surface area contributed by atoms with Gasteiger partial charge in [0.05, 0.1) is 12.1 Å². The Morgan fingerprint density at radius 3 is 2.50 bits per heavy atom. The zero-order chi connectivity index (χ0) is 9.35. The van der Waals surface area contributed by atoms with Crippen molar-refractivity contribution in [3.63, 3.8) is 0 Å². The molecule has 1 rings (SSSR count). The third kappa shape index (κ3) is 1.28. The van der Waals surface area contributed by atoms with Crippen molar-refractivity contribution in [2.75, 3.05) is 0 Å². The summed E-state index contributed by atoms with van der Waals surface area (Å²) in [5, 5.41) is 13.3. The van der Waals surface area contributed by atoms with Gasteiger partial charge in [0.15, 0.2) is 0 Å². The molecule has 68 valence electrons. The van der Waals surface area contributed by atoms with Crippen LogP contribution in [-0.4, -0.2) is 17.3 Å². The maximum Gasteiger partial charge on any atom is 0.0678 e. The summed E-state index contributed by atoms with van der Waals surface area (Å²) in [6.07, 6.45) is 0.293. The molecule has 0 aromatic rings. The molecule has 0 spiro atoms. The Morgan fingerprint density at radius 2 is 2.17 bits per heavy atom. The van der Waals surface area contributed by atoms with Gasteiger partial charge in [-0.2, -0.15) is 0 Å². The molecule has 0 bridgehead atoms. The molecular formula is C8H15N3O. The highest BCUT2D eigenvalue weighted by Gasteiger charge is 2.45. The van der Waals surface area contributed by atoms with Gasteiger partial charge >= 0.3 is 0 Å². The molecule has 0 amide bonds. The van der Waals surface area contributed by atoms with Gasteiger partial charge in [0, 0.05) is 4.91 Å². The summed E-state index contributed by atoms with van der Waals surface area (Å²) in [5.41, 5.74) is 8.12. The van der Waals surface area contributed by atoms with Crippen LogP contribution >= 0.6 is 0 Å². The van der Waals surface area contributed by atoms with Gasteiger partial charge in [-0.25, -0.2) is 0 Å². The van der Waals surface area contributed by atoms with E-state index in [9.17, 15) is 5.11 Å². The lowest BCUT2D eigenvalue weighted by atomic mass is 9.81. The number of azide groups is 1. The fourth-order valence-electron chi connectivity index (χ4n) is 1.76. The molecule has 1 aliphatic rings. The third-order valence-corrected chi connectivity index (χ3v) is 3.19. The second-order valence-electron chi connectivity index (χ2n) is 4.18. The Balaban J connectivity index is 2.82. The average molecular weight is 169 g/mol. The summed E-state index contributed by atoms with van der Waals surface area (Å²) >= 11 is 0. The van der Waals surface area contributed by atoms with Crippen LogP contribution in [-0.2, 0) is 0 Å². The molecule has 1 saturated carbocycles. The highest BCUT2D eigenvalue weighted by Crippen LogP contribution is 2.43. The predicted molar refractivity (Wildman–Crippen MR) is 46.5 cm³/mol. The molecule has 1 N–H and O–H groups in total. The summed E-state index contributed by atoms with van der Waals surface area (Å²) in [4.78, 5) is 2.73. The van der Waals surface area contributed by atoms with Gasteiger partial charge in [0.2, 0.25) is 0 Å². The Kier molecular flexibility index (Phi) is 2.31. The van der Waals surface area contributed by atoms with Crippen LogP contribution in [0.4, 0.5) is 0 Å². The van der Waals surface area contributed by atoms with Crippen LogP contribution in [0.1, 0.15) is 27.2 Å². The van der Waals surface area contributed by atoms with Crippen molar-refractivity contribution < 1.29 is 5.11 Å². The van der Waals surface area contributed by atoms with E-state index in [4.69, 9.17) is 5.53 Å². The molecule has 0 radical (unpaired) electrons. The monoisotopic (exact) mass is 169 g/mol. The van der Waals surface area contributed by atoms with Crippen molar-refractivity contribution in [3.8, 4) is 0 Å². The van der Waals surface area contributed by atoms with Crippen molar-refractivity contribution in [1.29, 1.82) is 0 Å². The molecule has 0 aliphatic heterocycles. The molecule has 1 aliphatic carbocycles. The Bertz CT molecular complexity index is 220. The lowest BCUT2D eigenvalue weighted by molar-refractivity contribution is 0.0504. The molecule has 1 fully saturated rings. The summed E-state index contributed by atoms with van der Waals surface area (Å²) in [5.74, 6) is 0.406. The van der Waals surface area contributed by atoms with Crippen LogP contribution in [0.25, 0.3) is 10.4 Å². The fourth-order valence-corrected chi connectivity index (χ4v) is 1.76. The van der Waals surface area contributed by atoms with Crippen molar-refractivity contribution in [1.82, 2.24) is 0 Å². The van der Waals surface area contributed by atoms with E-state index < -0.39 is 6.10 Å². The molecule has 4 heteroatoms. The second kappa shape index (κ2) is 2.96. The van der Waals surface area contributed by atoms with E-state index in [0.717, 1.165) is 6.42 Å². The summed E-state index contributed by atoms with van der Waals surface area (Å²) in [6, 6.07) is -0.236. The van der Waals surface area contributed by atoms with Crippen molar-refractivity contribution in [2.24, 2.45) is 16.4 Å². The molecule has 0 aromatic carbocycles. The van der Waals surface area contributed by atoms with E-state index in [0.29, 0.717) is 5.92 Å². The smallest absolute Gasteiger partial charge is 0.0678 e. The Morgan fingerprint density at radius 1 is 1.58 bits per heavy atom. The first-order chi connectivity index (χ1) is 5.50. The quantitative estimate of drug-likeness (QED) is 0.364. The van der Waals surface area contributed by atoms with Gasteiger partial charge in [-0.15, -0.1) is 0 Å². The predicted octanol–water partition coefficient (Wildman–Crippen LogP) is 2.09. The number of hydrogen-bond donors (Lipinski definition) is 1. The third-order valence-electron chi connectivity index (χ3n) is 3.19. The molecule has 3 atom stereocenters. The molecule has 0 saturated heterocycles. The number of aliphatic hydroxyl groups excluding tert-OH is 1. The highest BCUT2D eigenvalue weighted by atomic mass is 16.3. The highest BCUT2D eigenvalue weighted by molar-refractivity contribution is 4.99.